The van der Waals surface area contributed by atoms with E-state index in [4.69, 9.17) is 5.11 Å². The van der Waals surface area contributed by atoms with Gasteiger partial charge in [0.2, 0.25) is 0 Å². The molecule has 3 rings (SSSR count). The Morgan fingerprint density at radius 3 is 2.08 bits per heavy atom. The Hall–Kier alpha value is -2.49. The Kier molecular flexibility index (Phi) is 11.5. The monoisotopic (exact) mass is 520 g/mol. The third-order valence-electron chi connectivity index (χ3n) is 6.13. The van der Waals surface area contributed by atoms with Crippen LogP contribution in [0.3, 0.4) is 0 Å². The molecule has 0 radical (unpaired) electrons. The molecule has 4 N–H and O–H groups in total. The number of nitrogens with zero attached hydrogens (tertiary/aromatic N) is 1. The van der Waals surface area contributed by atoms with Crippen molar-refractivity contribution < 1.29 is 29.3 Å². The maximum absolute atomic E-state index is 13.8. The summed E-state index contributed by atoms with van der Waals surface area (Å²) in [6.07, 6.45) is -2.04. The van der Waals surface area contributed by atoms with Crippen molar-refractivity contribution in [2.45, 2.75) is 57.8 Å². The van der Waals surface area contributed by atoms with Gasteiger partial charge in [-0.15, -0.1) is 0 Å². The van der Waals surface area contributed by atoms with E-state index in [9.17, 15) is 24.2 Å². The van der Waals surface area contributed by atoms with Crippen molar-refractivity contribution in [3.8, 4) is 22.3 Å². The predicted molar refractivity (Wildman–Crippen MR) is 143 cm³/mol. The van der Waals surface area contributed by atoms with Gasteiger partial charge >= 0.3 is 35.5 Å². The average Bonchev–Trinajstić information content (AvgIpc) is 3.18. The van der Waals surface area contributed by atoms with Crippen LogP contribution in [0, 0.1) is 5.82 Å². The molecule has 7 nitrogen and oxygen atoms in total. The minimum atomic E-state index is -1.16. The number of carboxylic acids is 1. The zero-order valence-electron chi connectivity index (χ0n) is 20.7. The van der Waals surface area contributed by atoms with E-state index in [1.807, 2.05) is 48.7 Å². The molecule has 0 unspecified atom stereocenters. The van der Waals surface area contributed by atoms with Gasteiger partial charge in [-0.25, -0.2) is 4.39 Å². The zero-order chi connectivity index (χ0) is 26.4. The minimum absolute atomic E-state index is 0. The van der Waals surface area contributed by atoms with Crippen LogP contribution in [0.15, 0.2) is 54.6 Å². The quantitative estimate of drug-likeness (QED) is 0.288. The molecule has 0 fully saturated rings. The number of aromatic nitrogens is 1. The van der Waals surface area contributed by atoms with Gasteiger partial charge in [0, 0.05) is 29.9 Å². The molecular weight excluding hydrogens is 486 g/mol. The third kappa shape index (κ3) is 7.52. The van der Waals surface area contributed by atoms with E-state index in [1.54, 1.807) is 19.2 Å². The molecular formula is C28H34FN2NaO5. The second-order valence-corrected chi connectivity index (χ2v) is 9.14. The molecule has 0 saturated carbocycles. The Morgan fingerprint density at radius 1 is 0.946 bits per heavy atom. The number of aliphatic carboxylic acids is 1. The summed E-state index contributed by atoms with van der Waals surface area (Å²) in [7, 11) is 1.57. The number of aliphatic hydroxyl groups excluding tert-OH is 2. The SMILES string of the molecule is CNC(=O)c1c(-c2ccccc2)c(-c2ccc(F)cc2)c(CC[C@@H](O)C[C@@H](O)CC(=O)O)n1C(C)C.[NaH]. The number of hydrogen-bond donors (Lipinski definition) is 4. The van der Waals surface area contributed by atoms with Crippen LogP contribution >= 0.6 is 0 Å². The normalized spacial score (nSPS) is 12.6. The average molecular weight is 521 g/mol. The first-order valence-electron chi connectivity index (χ1n) is 12.0. The second kappa shape index (κ2) is 13.9. The fourth-order valence-electron chi connectivity index (χ4n) is 4.63. The first kappa shape index (κ1) is 30.7. The van der Waals surface area contributed by atoms with Crippen molar-refractivity contribution in [2.75, 3.05) is 7.05 Å². The number of rotatable bonds is 11. The van der Waals surface area contributed by atoms with Crippen LogP contribution in [0.2, 0.25) is 0 Å². The van der Waals surface area contributed by atoms with Gasteiger partial charge in [-0.3, -0.25) is 9.59 Å². The van der Waals surface area contributed by atoms with Gasteiger partial charge in [-0.1, -0.05) is 42.5 Å². The molecule has 0 aliphatic rings. The number of nitrogens with one attached hydrogen (secondary N) is 1. The second-order valence-electron chi connectivity index (χ2n) is 9.14. The fourth-order valence-corrected chi connectivity index (χ4v) is 4.63. The molecule has 2 aromatic carbocycles. The Labute approximate surface area is 238 Å². The van der Waals surface area contributed by atoms with Crippen LogP contribution in [-0.4, -0.2) is 80.6 Å². The molecule has 2 atom stereocenters. The van der Waals surface area contributed by atoms with E-state index >= 15 is 0 Å². The van der Waals surface area contributed by atoms with Crippen LogP contribution in [0.5, 0.6) is 0 Å². The molecule has 0 saturated heterocycles. The van der Waals surface area contributed by atoms with Gasteiger partial charge in [0.25, 0.3) is 5.91 Å². The van der Waals surface area contributed by atoms with Crippen LogP contribution in [0.1, 0.15) is 55.3 Å². The van der Waals surface area contributed by atoms with Gasteiger partial charge < -0.3 is 25.2 Å². The van der Waals surface area contributed by atoms with E-state index in [1.165, 1.54) is 12.1 Å². The summed E-state index contributed by atoms with van der Waals surface area (Å²) in [4.78, 5) is 24.1. The molecule has 0 bridgehead atoms. The molecule has 37 heavy (non-hydrogen) atoms. The van der Waals surface area contributed by atoms with E-state index in [0.717, 1.165) is 22.4 Å². The van der Waals surface area contributed by atoms with Crippen LogP contribution in [0.4, 0.5) is 4.39 Å². The van der Waals surface area contributed by atoms with Gasteiger partial charge in [-0.2, -0.15) is 0 Å². The van der Waals surface area contributed by atoms with Gasteiger partial charge in [-0.05, 0) is 56.4 Å². The molecule has 0 spiro atoms. The Balaban J connectivity index is 0.00000481. The molecule has 3 aromatic rings. The van der Waals surface area contributed by atoms with Crippen molar-refractivity contribution in [3.05, 3.63) is 71.8 Å². The van der Waals surface area contributed by atoms with Gasteiger partial charge in [0.15, 0.2) is 0 Å². The Morgan fingerprint density at radius 2 is 1.54 bits per heavy atom. The topological polar surface area (TPSA) is 112 Å². The summed E-state index contributed by atoms with van der Waals surface area (Å²) in [6, 6.07) is 15.5. The third-order valence-corrected chi connectivity index (χ3v) is 6.13. The maximum atomic E-state index is 13.8. The van der Waals surface area contributed by atoms with Crippen molar-refractivity contribution in [3.63, 3.8) is 0 Å². The van der Waals surface area contributed by atoms with Gasteiger partial charge in [0.05, 0.1) is 18.6 Å². The molecule has 1 amide bonds. The standard InChI is InChI=1S/C28H33FN2O5.Na.H/c1-17(2)31-23(14-13-21(32)15-22(33)16-24(34)35)25(19-9-11-20(29)12-10-19)26(27(31)28(36)30-3)18-7-5-4-6-8-18;;/h4-12,17,21-22,32-33H,13-16H2,1-3H3,(H,30,36)(H,34,35);;/t21-,22-;;/m1../s1. The number of aliphatic hydroxyl groups is 2. The first-order valence-corrected chi connectivity index (χ1v) is 12.0. The summed E-state index contributed by atoms with van der Waals surface area (Å²) in [6.45, 7) is 3.93. The molecule has 194 valence electrons. The van der Waals surface area contributed by atoms with Crippen LogP contribution in [-0.2, 0) is 11.2 Å². The van der Waals surface area contributed by atoms with Crippen LogP contribution < -0.4 is 5.32 Å². The molecule has 9 heteroatoms. The van der Waals surface area contributed by atoms with E-state index < -0.39 is 24.6 Å². The Bertz CT molecular complexity index is 1200. The van der Waals surface area contributed by atoms with Crippen molar-refractivity contribution in [1.82, 2.24) is 9.88 Å². The number of amides is 1. The number of carbonyl (C=O) groups excluding carboxylic acids is 1. The number of carbonyl (C=O) groups is 2. The molecule has 1 heterocycles. The molecule has 1 aromatic heterocycles. The van der Waals surface area contributed by atoms with Gasteiger partial charge in [0.1, 0.15) is 11.5 Å². The summed E-state index contributed by atoms with van der Waals surface area (Å²) >= 11 is 0. The van der Waals surface area contributed by atoms with Crippen molar-refractivity contribution in [2.24, 2.45) is 0 Å². The number of hydrogen-bond acceptors (Lipinski definition) is 4. The molecule has 0 aliphatic carbocycles. The van der Waals surface area contributed by atoms with E-state index in [0.29, 0.717) is 17.7 Å². The summed E-state index contributed by atoms with van der Waals surface area (Å²) in [5, 5.41) is 32.2. The summed E-state index contributed by atoms with van der Waals surface area (Å²) < 4.78 is 15.8. The van der Waals surface area contributed by atoms with Crippen molar-refractivity contribution in [1.29, 1.82) is 0 Å². The number of benzene rings is 2. The predicted octanol–water partition coefficient (Wildman–Crippen LogP) is 3.77. The van der Waals surface area contributed by atoms with Crippen LogP contribution in [0.25, 0.3) is 22.3 Å². The summed E-state index contributed by atoms with van der Waals surface area (Å²) in [5.41, 5.74) is 4.30. The van der Waals surface area contributed by atoms with E-state index in [-0.39, 0.29) is 60.2 Å². The summed E-state index contributed by atoms with van der Waals surface area (Å²) in [5.74, 6) is -1.78. The number of carboxylic acid groups (broad SMARTS) is 1. The zero-order valence-corrected chi connectivity index (χ0v) is 20.7. The van der Waals surface area contributed by atoms with Crippen molar-refractivity contribution >= 4 is 41.4 Å². The number of halogens is 1. The first-order chi connectivity index (χ1) is 17.1. The fraction of sp³-hybridized carbons (Fsp3) is 0.357. The van der Waals surface area contributed by atoms with E-state index in [2.05, 4.69) is 5.32 Å². The molecule has 0 aliphatic heterocycles.